The molecule has 0 radical (unpaired) electrons. The highest BCUT2D eigenvalue weighted by Crippen LogP contribution is 2.40. The van der Waals surface area contributed by atoms with E-state index in [1.54, 1.807) is 6.07 Å². The largest absolute Gasteiger partial charge is 0.465 e. The summed E-state index contributed by atoms with van der Waals surface area (Å²) in [5.41, 5.74) is 3.39. The van der Waals surface area contributed by atoms with E-state index in [0.717, 1.165) is 28.0 Å². The summed E-state index contributed by atoms with van der Waals surface area (Å²) in [6, 6.07) is 16.1. The van der Waals surface area contributed by atoms with Crippen molar-refractivity contribution in [1.29, 1.82) is 0 Å². The van der Waals surface area contributed by atoms with Crippen LogP contribution >= 0.6 is 0 Å². The van der Waals surface area contributed by atoms with Gasteiger partial charge in [-0.05, 0) is 36.6 Å². The summed E-state index contributed by atoms with van der Waals surface area (Å²) in [7, 11) is 1.40. The maximum Gasteiger partial charge on any atom is 0.337 e. The summed E-state index contributed by atoms with van der Waals surface area (Å²) < 4.78 is 11.0. The lowest BCUT2D eigenvalue weighted by molar-refractivity contribution is 0.0601. The molecule has 4 nitrogen and oxygen atoms in total. The number of methoxy groups -OCH3 is 1. The van der Waals surface area contributed by atoms with Gasteiger partial charge < -0.3 is 14.5 Å². The number of fused-ring (bicyclic) bond motifs is 1. The second-order valence-corrected chi connectivity index (χ2v) is 6.85. The molecule has 0 aliphatic heterocycles. The highest BCUT2D eigenvalue weighted by atomic mass is 16.5. The van der Waals surface area contributed by atoms with Crippen molar-refractivity contribution < 1.29 is 13.9 Å². The van der Waals surface area contributed by atoms with Crippen LogP contribution < -0.4 is 5.32 Å². The third-order valence-corrected chi connectivity index (χ3v) is 5.11. The van der Waals surface area contributed by atoms with Crippen molar-refractivity contribution in [3.63, 3.8) is 0 Å². The number of hydrogen-bond acceptors (Lipinski definition) is 4. The summed E-state index contributed by atoms with van der Waals surface area (Å²) in [6.45, 7) is 0. The Hall–Kier alpha value is -2.75. The molecule has 0 amide bonds. The lowest BCUT2D eigenvalue weighted by Gasteiger charge is -2.23. The van der Waals surface area contributed by atoms with Crippen molar-refractivity contribution in [3.05, 3.63) is 54.1 Å². The van der Waals surface area contributed by atoms with Gasteiger partial charge in [0.2, 0.25) is 5.88 Å². The molecule has 1 aromatic heterocycles. The molecule has 1 fully saturated rings. The Morgan fingerprint density at radius 1 is 1.08 bits per heavy atom. The van der Waals surface area contributed by atoms with Crippen LogP contribution in [0.3, 0.4) is 0 Å². The molecule has 4 rings (SSSR count). The van der Waals surface area contributed by atoms with Gasteiger partial charge in [0, 0.05) is 11.4 Å². The Balaban J connectivity index is 1.83. The molecular formula is C22H23NO3. The summed E-state index contributed by atoms with van der Waals surface area (Å²) >= 11 is 0. The molecule has 134 valence electrons. The molecule has 3 aromatic rings. The highest BCUT2D eigenvalue weighted by Gasteiger charge is 2.21. The van der Waals surface area contributed by atoms with Crippen molar-refractivity contribution in [3.8, 4) is 11.1 Å². The molecule has 0 saturated heterocycles. The van der Waals surface area contributed by atoms with Gasteiger partial charge in [-0.2, -0.15) is 0 Å². The second kappa shape index (κ2) is 7.24. The van der Waals surface area contributed by atoms with Gasteiger partial charge >= 0.3 is 5.97 Å². The van der Waals surface area contributed by atoms with E-state index >= 15 is 0 Å². The first-order chi connectivity index (χ1) is 12.8. The van der Waals surface area contributed by atoms with Crippen LogP contribution in [0.4, 0.5) is 5.88 Å². The lowest BCUT2D eigenvalue weighted by atomic mass is 9.95. The average Bonchev–Trinajstić information content (AvgIpc) is 3.05. The summed E-state index contributed by atoms with van der Waals surface area (Å²) in [5, 5.41) is 4.55. The molecule has 2 aromatic carbocycles. The highest BCUT2D eigenvalue weighted by molar-refractivity contribution is 6.03. The minimum atomic E-state index is -0.339. The molecule has 0 unspecified atom stereocenters. The van der Waals surface area contributed by atoms with Crippen LogP contribution in [0.1, 0.15) is 42.5 Å². The van der Waals surface area contributed by atoms with Crippen LogP contribution in [0.5, 0.6) is 0 Å². The predicted molar refractivity (Wildman–Crippen MR) is 103 cm³/mol. The van der Waals surface area contributed by atoms with Gasteiger partial charge in [0.05, 0.1) is 18.2 Å². The predicted octanol–water partition coefficient (Wildman–Crippen LogP) is 5.63. The van der Waals surface area contributed by atoms with Crippen LogP contribution in [-0.2, 0) is 4.74 Å². The number of ether oxygens (including phenoxy) is 1. The number of furan rings is 1. The number of anilines is 1. The number of nitrogens with one attached hydrogen (secondary N) is 1. The minimum absolute atomic E-state index is 0.339. The van der Waals surface area contributed by atoms with E-state index in [1.165, 1.54) is 39.2 Å². The van der Waals surface area contributed by atoms with E-state index in [9.17, 15) is 4.79 Å². The Morgan fingerprint density at radius 3 is 2.58 bits per heavy atom. The van der Waals surface area contributed by atoms with Crippen molar-refractivity contribution in [2.75, 3.05) is 12.4 Å². The van der Waals surface area contributed by atoms with Crippen molar-refractivity contribution in [2.45, 2.75) is 38.1 Å². The molecule has 1 heterocycles. The van der Waals surface area contributed by atoms with Crippen molar-refractivity contribution in [2.24, 2.45) is 0 Å². The van der Waals surface area contributed by atoms with Gasteiger partial charge in [0.25, 0.3) is 0 Å². The third kappa shape index (κ3) is 3.19. The maximum atomic E-state index is 12.0. The van der Waals surface area contributed by atoms with Crippen LogP contribution in [0.25, 0.3) is 22.1 Å². The van der Waals surface area contributed by atoms with E-state index in [2.05, 4.69) is 17.4 Å². The maximum absolute atomic E-state index is 12.0. The first-order valence-electron chi connectivity index (χ1n) is 9.23. The molecule has 1 aliphatic rings. The third-order valence-electron chi connectivity index (χ3n) is 5.11. The van der Waals surface area contributed by atoms with Crippen LogP contribution in [0.15, 0.2) is 52.9 Å². The zero-order valence-corrected chi connectivity index (χ0v) is 15.0. The molecule has 1 saturated carbocycles. The fraction of sp³-hybridized carbons (Fsp3) is 0.318. The van der Waals surface area contributed by atoms with E-state index in [4.69, 9.17) is 9.15 Å². The fourth-order valence-electron chi connectivity index (χ4n) is 3.77. The number of rotatable bonds is 4. The van der Waals surface area contributed by atoms with E-state index in [-0.39, 0.29) is 5.97 Å². The molecule has 1 aliphatic carbocycles. The summed E-state index contributed by atoms with van der Waals surface area (Å²) in [5.74, 6) is 0.453. The number of hydrogen-bond donors (Lipinski definition) is 1. The Morgan fingerprint density at radius 2 is 1.85 bits per heavy atom. The van der Waals surface area contributed by atoms with Gasteiger partial charge in [-0.1, -0.05) is 49.6 Å². The number of esters is 1. The Kier molecular flexibility index (Phi) is 4.65. The van der Waals surface area contributed by atoms with Crippen LogP contribution in [0.2, 0.25) is 0 Å². The topological polar surface area (TPSA) is 51.5 Å². The van der Waals surface area contributed by atoms with Gasteiger partial charge in [-0.25, -0.2) is 4.79 Å². The van der Waals surface area contributed by atoms with E-state index in [1.807, 2.05) is 30.3 Å². The molecule has 0 atom stereocenters. The standard InChI is InChI=1S/C22H23NO3/c1-25-22(24)16-12-13-19-18(14-16)20(15-8-4-2-5-9-15)21(26-19)23-17-10-6-3-7-11-17/h2,4-5,8-9,12-14,17,23H,3,6-7,10-11H2,1H3. The SMILES string of the molecule is COC(=O)c1ccc2oc(NC3CCCCC3)c(-c3ccccc3)c2c1. The lowest BCUT2D eigenvalue weighted by Crippen LogP contribution is -2.22. The number of carbonyl (C=O) groups is 1. The number of carbonyl (C=O) groups excluding carboxylic acids is 1. The van der Waals surface area contributed by atoms with Gasteiger partial charge in [0.1, 0.15) is 5.58 Å². The monoisotopic (exact) mass is 349 g/mol. The van der Waals surface area contributed by atoms with Gasteiger partial charge in [-0.3, -0.25) is 0 Å². The average molecular weight is 349 g/mol. The smallest absolute Gasteiger partial charge is 0.337 e. The van der Waals surface area contributed by atoms with E-state index < -0.39 is 0 Å². The molecule has 0 spiro atoms. The van der Waals surface area contributed by atoms with Gasteiger partial charge in [-0.15, -0.1) is 0 Å². The fourth-order valence-corrected chi connectivity index (χ4v) is 3.77. The molecule has 0 bridgehead atoms. The zero-order chi connectivity index (χ0) is 17.9. The normalized spacial score (nSPS) is 15.1. The molecule has 1 N–H and O–H groups in total. The van der Waals surface area contributed by atoms with Gasteiger partial charge in [0.15, 0.2) is 0 Å². The minimum Gasteiger partial charge on any atom is -0.465 e. The molecule has 26 heavy (non-hydrogen) atoms. The number of benzene rings is 2. The first-order valence-corrected chi connectivity index (χ1v) is 9.23. The molecule has 4 heteroatoms. The zero-order valence-electron chi connectivity index (χ0n) is 15.0. The Labute approximate surface area is 153 Å². The quantitative estimate of drug-likeness (QED) is 0.620. The van der Waals surface area contributed by atoms with Crippen LogP contribution in [-0.4, -0.2) is 19.1 Å². The molecular weight excluding hydrogens is 326 g/mol. The first kappa shape index (κ1) is 16.7. The Bertz CT molecular complexity index is 908. The van der Waals surface area contributed by atoms with E-state index in [0.29, 0.717) is 11.6 Å². The second-order valence-electron chi connectivity index (χ2n) is 6.85. The van der Waals surface area contributed by atoms with Crippen molar-refractivity contribution >= 4 is 22.8 Å². The van der Waals surface area contributed by atoms with Crippen molar-refractivity contribution in [1.82, 2.24) is 0 Å². The summed E-state index contributed by atoms with van der Waals surface area (Å²) in [4.78, 5) is 12.0. The van der Waals surface area contributed by atoms with Crippen LogP contribution in [0, 0.1) is 0 Å². The summed E-state index contributed by atoms with van der Waals surface area (Å²) in [6.07, 6.45) is 6.15.